The fourth-order valence-electron chi connectivity index (χ4n) is 2.21. The van der Waals surface area contributed by atoms with Crippen molar-refractivity contribution in [2.24, 2.45) is 13.0 Å². The Balaban J connectivity index is 2.10. The minimum absolute atomic E-state index is 0.0766. The average molecular weight is 317 g/mol. The van der Waals surface area contributed by atoms with E-state index >= 15 is 0 Å². The van der Waals surface area contributed by atoms with Gasteiger partial charge in [0, 0.05) is 37.3 Å². The van der Waals surface area contributed by atoms with E-state index in [1.54, 1.807) is 12.3 Å². The van der Waals surface area contributed by atoms with Crippen LogP contribution in [0.2, 0.25) is 0 Å². The number of hydrogen-bond acceptors (Lipinski definition) is 4. The molecule has 0 aliphatic heterocycles. The molecule has 2 rings (SSSR count). The zero-order chi connectivity index (χ0) is 17.0. The number of benzene rings is 1. The predicted octanol–water partition coefficient (Wildman–Crippen LogP) is 2.85. The lowest BCUT2D eigenvalue weighted by molar-refractivity contribution is -0.384. The minimum Gasteiger partial charge on any atom is -0.336 e. The Hall–Kier alpha value is -2.90. The van der Waals surface area contributed by atoms with Crippen LogP contribution in [0.25, 0.3) is 0 Å². The second kappa shape index (κ2) is 6.91. The van der Waals surface area contributed by atoms with Gasteiger partial charge in [0.15, 0.2) is 0 Å². The molecule has 0 bridgehead atoms. The number of imidazole rings is 1. The van der Waals surface area contributed by atoms with Crippen molar-refractivity contribution in [3.05, 3.63) is 52.6 Å². The van der Waals surface area contributed by atoms with Crippen molar-refractivity contribution in [2.45, 2.75) is 19.9 Å². The van der Waals surface area contributed by atoms with Gasteiger partial charge < -0.3 is 15.2 Å². The fourth-order valence-corrected chi connectivity index (χ4v) is 2.21. The van der Waals surface area contributed by atoms with E-state index in [4.69, 9.17) is 0 Å². The Bertz CT molecular complexity index is 711. The monoisotopic (exact) mass is 317 g/mol. The number of rotatable bonds is 5. The van der Waals surface area contributed by atoms with Gasteiger partial charge >= 0.3 is 6.03 Å². The summed E-state index contributed by atoms with van der Waals surface area (Å²) in [5, 5.41) is 16.2. The molecule has 0 saturated heterocycles. The van der Waals surface area contributed by atoms with Gasteiger partial charge in [0.1, 0.15) is 5.82 Å². The molecule has 0 radical (unpaired) electrons. The lowest BCUT2D eigenvalue weighted by Crippen LogP contribution is -2.36. The molecule has 1 atom stereocenters. The van der Waals surface area contributed by atoms with E-state index in [9.17, 15) is 14.9 Å². The summed E-state index contributed by atoms with van der Waals surface area (Å²) in [7, 11) is 1.86. The lowest BCUT2D eigenvalue weighted by atomic mass is 10.0. The Morgan fingerprint density at radius 2 is 2.13 bits per heavy atom. The number of nitro benzene ring substituents is 1. The molecule has 2 aromatic rings. The van der Waals surface area contributed by atoms with Gasteiger partial charge in [0.2, 0.25) is 0 Å². The second-order valence-corrected chi connectivity index (χ2v) is 5.52. The predicted molar refractivity (Wildman–Crippen MR) is 86.0 cm³/mol. The molecule has 0 aliphatic rings. The number of hydrogen-bond donors (Lipinski definition) is 2. The summed E-state index contributed by atoms with van der Waals surface area (Å²) in [4.78, 5) is 26.7. The zero-order valence-electron chi connectivity index (χ0n) is 13.2. The van der Waals surface area contributed by atoms with E-state index in [1.165, 1.54) is 18.2 Å². The number of carbonyl (C=O) groups excluding carboxylic acids is 1. The molecule has 1 aromatic carbocycles. The first kappa shape index (κ1) is 16.5. The van der Waals surface area contributed by atoms with E-state index in [2.05, 4.69) is 15.6 Å². The fraction of sp³-hybridized carbons (Fsp3) is 0.333. The van der Waals surface area contributed by atoms with Crippen molar-refractivity contribution in [3.63, 3.8) is 0 Å². The quantitative estimate of drug-likeness (QED) is 0.654. The van der Waals surface area contributed by atoms with Gasteiger partial charge in [0.25, 0.3) is 5.69 Å². The second-order valence-electron chi connectivity index (χ2n) is 5.52. The zero-order valence-corrected chi connectivity index (χ0v) is 13.2. The number of anilines is 1. The van der Waals surface area contributed by atoms with E-state index in [0.717, 1.165) is 5.82 Å². The Morgan fingerprint density at radius 3 is 2.70 bits per heavy atom. The molecule has 0 saturated carbocycles. The highest BCUT2D eigenvalue weighted by Crippen LogP contribution is 2.21. The van der Waals surface area contributed by atoms with Gasteiger partial charge in [-0.25, -0.2) is 9.78 Å². The van der Waals surface area contributed by atoms with Gasteiger partial charge in [-0.1, -0.05) is 19.9 Å². The molecule has 1 aromatic heterocycles. The van der Waals surface area contributed by atoms with Crippen LogP contribution in [0.5, 0.6) is 0 Å². The van der Waals surface area contributed by atoms with E-state index < -0.39 is 11.0 Å². The van der Waals surface area contributed by atoms with Crippen molar-refractivity contribution in [1.29, 1.82) is 0 Å². The molecule has 8 nitrogen and oxygen atoms in total. The third kappa shape index (κ3) is 4.06. The van der Waals surface area contributed by atoms with Crippen LogP contribution in [-0.2, 0) is 7.05 Å². The van der Waals surface area contributed by atoms with Crippen LogP contribution >= 0.6 is 0 Å². The summed E-state index contributed by atoms with van der Waals surface area (Å²) in [6.45, 7) is 3.96. The number of aromatic nitrogens is 2. The highest BCUT2D eigenvalue weighted by Gasteiger charge is 2.22. The number of nitro groups is 1. The van der Waals surface area contributed by atoms with Crippen LogP contribution < -0.4 is 10.6 Å². The highest BCUT2D eigenvalue weighted by molar-refractivity contribution is 5.89. The van der Waals surface area contributed by atoms with Crippen LogP contribution in [0.4, 0.5) is 16.2 Å². The van der Waals surface area contributed by atoms with Crippen LogP contribution in [0.1, 0.15) is 25.7 Å². The van der Waals surface area contributed by atoms with Crippen LogP contribution in [0, 0.1) is 16.0 Å². The normalized spacial score (nSPS) is 12.0. The number of nitrogens with zero attached hydrogens (tertiary/aromatic N) is 3. The first-order chi connectivity index (χ1) is 10.9. The van der Waals surface area contributed by atoms with E-state index in [0.29, 0.717) is 5.69 Å². The summed E-state index contributed by atoms with van der Waals surface area (Å²) in [5.74, 6) is 0.876. The molecule has 2 N–H and O–H groups in total. The molecule has 1 heterocycles. The summed E-state index contributed by atoms with van der Waals surface area (Å²) in [5.41, 5.74) is 0.284. The SMILES string of the molecule is CC(C)C(NC(=O)Nc1cccc([N+](=O)[O-])c1)c1nccn1C. The molecule has 122 valence electrons. The summed E-state index contributed by atoms with van der Waals surface area (Å²) < 4.78 is 1.85. The summed E-state index contributed by atoms with van der Waals surface area (Å²) >= 11 is 0. The third-order valence-electron chi connectivity index (χ3n) is 3.40. The molecule has 0 aliphatic carbocycles. The van der Waals surface area contributed by atoms with Crippen molar-refractivity contribution in [1.82, 2.24) is 14.9 Å². The first-order valence-corrected chi connectivity index (χ1v) is 7.17. The van der Waals surface area contributed by atoms with Gasteiger partial charge in [-0.2, -0.15) is 0 Å². The van der Waals surface area contributed by atoms with Crippen molar-refractivity contribution < 1.29 is 9.72 Å². The van der Waals surface area contributed by atoms with Gasteiger partial charge in [-0.05, 0) is 12.0 Å². The van der Waals surface area contributed by atoms with Crippen molar-refractivity contribution in [2.75, 3.05) is 5.32 Å². The summed E-state index contributed by atoms with van der Waals surface area (Å²) in [6.07, 6.45) is 3.48. The maximum atomic E-state index is 12.2. The van der Waals surface area contributed by atoms with Crippen LogP contribution in [0.15, 0.2) is 36.7 Å². The molecule has 0 fully saturated rings. The Labute approximate surface area is 133 Å². The van der Waals surface area contributed by atoms with Crippen LogP contribution in [0.3, 0.4) is 0 Å². The van der Waals surface area contributed by atoms with Crippen molar-refractivity contribution in [3.8, 4) is 0 Å². The standard InChI is InChI=1S/C15H19N5O3/c1-10(2)13(14-16-7-8-19(14)3)18-15(21)17-11-5-4-6-12(9-11)20(22)23/h4-10,13H,1-3H3,(H2,17,18,21). The van der Waals surface area contributed by atoms with Crippen molar-refractivity contribution >= 4 is 17.4 Å². The number of carbonyl (C=O) groups is 1. The maximum absolute atomic E-state index is 12.2. The van der Waals surface area contributed by atoms with Crippen LogP contribution in [-0.4, -0.2) is 20.5 Å². The average Bonchev–Trinajstić information content (AvgIpc) is 2.90. The molecular formula is C15H19N5O3. The smallest absolute Gasteiger partial charge is 0.319 e. The highest BCUT2D eigenvalue weighted by atomic mass is 16.6. The molecule has 1 unspecified atom stereocenters. The number of non-ortho nitro benzene ring substituents is 1. The molecule has 0 spiro atoms. The topological polar surface area (TPSA) is 102 Å². The largest absolute Gasteiger partial charge is 0.336 e. The number of nitrogens with one attached hydrogen (secondary N) is 2. The maximum Gasteiger partial charge on any atom is 0.319 e. The van der Waals surface area contributed by atoms with E-state index in [1.807, 2.05) is 31.7 Å². The number of amides is 2. The summed E-state index contributed by atoms with van der Waals surface area (Å²) in [6, 6.07) is 5.09. The Kier molecular flexibility index (Phi) is 4.95. The van der Waals surface area contributed by atoms with Gasteiger partial charge in [-0.15, -0.1) is 0 Å². The minimum atomic E-state index is -0.506. The molecule has 23 heavy (non-hydrogen) atoms. The molecule has 8 heteroatoms. The number of aryl methyl sites for hydroxylation is 1. The first-order valence-electron chi connectivity index (χ1n) is 7.17. The Morgan fingerprint density at radius 1 is 1.39 bits per heavy atom. The number of urea groups is 1. The van der Waals surface area contributed by atoms with Gasteiger partial charge in [-0.3, -0.25) is 10.1 Å². The molecule has 2 amide bonds. The lowest BCUT2D eigenvalue weighted by Gasteiger charge is -2.22. The van der Waals surface area contributed by atoms with Gasteiger partial charge in [0.05, 0.1) is 11.0 Å². The molecular weight excluding hydrogens is 298 g/mol. The third-order valence-corrected chi connectivity index (χ3v) is 3.40. The van der Waals surface area contributed by atoms with E-state index in [-0.39, 0.29) is 17.6 Å².